The van der Waals surface area contributed by atoms with E-state index in [1.807, 2.05) is 18.4 Å². The molecule has 0 bridgehead atoms. The Morgan fingerprint density at radius 2 is 1.70 bits per heavy atom. The molecule has 2 aromatic rings. The lowest BCUT2D eigenvalue weighted by molar-refractivity contribution is -0.113. The van der Waals surface area contributed by atoms with E-state index in [4.69, 9.17) is 4.74 Å². The minimum atomic E-state index is -2.90. The summed E-state index contributed by atoms with van der Waals surface area (Å²) in [7, 11) is 1.58. The first-order valence-corrected chi connectivity index (χ1v) is 9.12. The standard InChI is InChI=1S/C19H16F2N2O3S/c1-25-14-7-3-12(4-8-14)11-16-17(24)23(19(22-16)27-2)13-5-9-15(10-6-13)26-18(20)21/h3-11,18H,1-2H3/b16-11-. The molecular weight excluding hydrogens is 374 g/mol. The Labute approximate surface area is 159 Å². The van der Waals surface area contributed by atoms with Gasteiger partial charge in [-0.05, 0) is 54.3 Å². The molecular formula is C19H16F2N2O3S. The number of amides is 1. The SMILES string of the molecule is COc1ccc(/C=C2\N=C(SC)N(c3ccc(OC(F)F)cc3)C2=O)cc1. The molecule has 5 nitrogen and oxygen atoms in total. The smallest absolute Gasteiger partial charge is 0.387 e. The van der Waals surface area contributed by atoms with E-state index in [0.29, 0.717) is 10.9 Å². The fraction of sp³-hybridized carbons (Fsp3) is 0.158. The first-order valence-electron chi connectivity index (χ1n) is 7.89. The summed E-state index contributed by atoms with van der Waals surface area (Å²) < 4.78 is 34.0. The fourth-order valence-corrected chi connectivity index (χ4v) is 3.06. The first kappa shape index (κ1) is 18.9. The highest BCUT2D eigenvalue weighted by atomic mass is 32.2. The molecule has 0 aromatic heterocycles. The number of hydrogen-bond donors (Lipinski definition) is 0. The number of amidine groups is 1. The predicted octanol–water partition coefficient (Wildman–Crippen LogP) is 4.40. The lowest BCUT2D eigenvalue weighted by Crippen LogP contribution is -2.29. The summed E-state index contributed by atoms with van der Waals surface area (Å²) >= 11 is 1.32. The molecule has 0 N–H and O–H groups in total. The Kier molecular flexibility index (Phi) is 5.75. The molecule has 0 atom stereocenters. The van der Waals surface area contributed by atoms with Gasteiger partial charge in [-0.25, -0.2) is 4.99 Å². The normalized spacial score (nSPS) is 15.4. The molecule has 1 amide bonds. The van der Waals surface area contributed by atoms with Crippen molar-refractivity contribution in [2.45, 2.75) is 6.61 Å². The Morgan fingerprint density at radius 3 is 2.26 bits per heavy atom. The van der Waals surface area contributed by atoms with Crippen LogP contribution in [-0.2, 0) is 4.79 Å². The second kappa shape index (κ2) is 8.22. The maximum absolute atomic E-state index is 12.8. The topological polar surface area (TPSA) is 51.1 Å². The minimum Gasteiger partial charge on any atom is -0.497 e. The Morgan fingerprint density at radius 1 is 1.07 bits per heavy atom. The number of halogens is 2. The third-order valence-corrected chi connectivity index (χ3v) is 4.39. The molecule has 0 radical (unpaired) electrons. The maximum Gasteiger partial charge on any atom is 0.387 e. The number of aliphatic imine (C=N–C) groups is 1. The van der Waals surface area contributed by atoms with Crippen molar-refractivity contribution < 1.29 is 23.0 Å². The molecule has 1 aliphatic heterocycles. The zero-order valence-corrected chi connectivity index (χ0v) is 15.4. The van der Waals surface area contributed by atoms with E-state index in [-0.39, 0.29) is 17.4 Å². The van der Waals surface area contributed by atoms with E-state index < -0.39 is 6.61 Å². The van der Waals surface area contributed by atoms with Crippen LogP contribution in [0.2, 0.25) is 0 Å². The summed E-state index contributed by atoms with van der Waals surface area (Å²) in [5.41, 5.74) is 1.62. The van der Waals surface area contributed by atoms with Crippen molar-refractivity contribution in [3.8, 4) is 11.5 Å². The van der Waals surface area contributed by atoms with Gasteiger partial charge in [0.2, 0.25) is 0 Å². The highest BCUT2D eigenvalue weighted by Crippen LogP contribution is 2.30. The molecule has 140 valence electrons. The van der Waals surface area contributed by atoms with Crippen LogP contribution in [0.15, 0.2) is 59.2 Å². The van der Waals surface area contributed by atoms with Crippen LogP contribution in [-0.4, -0.2) is 31.1 Å². The van der Waals surface area contributed by atoms with Crippen LogP contribution in [0.4, 0.5) is 14.5 Å². The van der Waals surface area contributed by atoms with Crippen LogP contribution in [0.1, 0.15) is 5.56 Å². The molecule has 1 heterocycles. The van der Waals surface area contributed by atoms with Gasteiger partial charge in [-0.1, -0.05) is 23.9 Å². The van der Waals surface area contributed by atoms with Gasteiger partial charge in [0.1, 0.15) is 17.2 Å². The van der Waals surface area contributed by atoms with Gasteiger partial charge in [-0.3, -0.25) is 9.69 Å². The van der Waals surface area contributed by atoms with Crippen molar-refractivity contribution in [2.24, 2.45) is 4.99 Å². The van der Waals surface area contributed by atoms with Crippen LogP contribution in [0, 0.1) is 0 Å². The average Bonchev–Trinajstić information content (AvgIpc) is 2.98. The van der Waals surface area contributed by atoms with Crippen LogP contribution >= 0.6 is 11.8 Å². The summed E-state index contributed by atoms with van der Waals surface area (Å²) in [5, 5.41) is 0.502. The van der Waals surface area contributed by atoms with E-state index >= 15 is 0 Å². The Hall–Kier alpha value is -2.87. The van der Waals surface area contributed by atoms with Gasteiger partial charge >= 0.3 is 6.61 Å². The Balaban J connectivity index is 1.86. The number of carbonyl (C=O) groups excluding carboxylic acids is 1. The molecule has 0 aliphatic carbocycles. The van der Waals surface area contributed by atoms with Gasteiger partial charge in [-0.15, -0.1) is 0 Å². The number of hydrogen-bond acceptors (Lipinski definition) is 5. The third kappa shape index (κ3) is 4.28. The first-order chi connectivity index (χ1) is 13.0. The highest BCUT2D eigenvalue weighted by Gasteiger charge is 2.31. The summed E-state index contributed by atoms with van der Waals surface area (Å²) in [6, 6.07) is 13.1. The number of benzene rings is 2. The zero-order chi connectivity index (χ0) is 19.4. The van der Waals surface area contributed by atoms with Crippen molar-refractivity contribution in [1.29, 1.82) is 0 Å². The van der Waals surface area contributed by atoms with Crippen LogP contribution in [0.25, 0.3) is 6.08 Å². The molecule has 0 saturated heterocycles. The zero-order valence-electron chi connectivity index (χ0n) is 14.6. The van der Waals surface area contributed by atoms with E-state index in [1.54, 1.807) is 25.3 Å². The van der Waals surface area contributed by atoms with Crippen LogP contribution in [0.3, 0.4) is 0 Å². The van der Waals surface area contributed by atoms with Crippen molar-refractivity contribution >= 4 is 34.6 Å². The number of alkyl halides is 2. The van der Waals surface area contributed by atoms with E-state index in [9.17, 15) is 13.6 Å². The number of anilines is 1. The monoisotopic (exact) mass is 390 g/mol. The average molecular weight is 390 g/mol. The number of thioether (sulfide) groups is 1. The summed E-state index contributed by atoms with van der Waals surface area (Å²) in [4.78, 5) is 18.6. The summed E-state index contributed by atoms with van der Waals surface area (Å²) in [6.45, 7) is -2.90. The molecule has 2 aromatic carbocycles. The Bertz CT molecular complexity index is 881. The molecule has 8 heteroatoms. The van der Waals surface area contributed by atoms with E-state index in [2.05, 4.69) is 9.73 Å². The van der Waals surface area contributed by atoms with Crippen molar-refractivity contribution in [1.82, 2.24) is 0 Å². The quantitative estimate of drug-likeness (QED) is 0.710. The number of carbonyl (C=O) groups is 1. The number of rotatable bonds is 5. The van der Waals surface area contributed by atoms with Gasteiger partial charge < -0.3 is 9.47 Å². The number of ether oxygens (including phenoxy) is 2. The van der Waals surface area contributed by atoms with Crippen LogP contribution in [0.5, 0.6) is 11.5 Å². The minimum absolute atomic E-state index is 0.0250. The van der Waals surface area contributed by atoms with Gasteiger partial charge in [0.25, 0.3) is 5.91 Å². The third-order valence-electron chi connectivity index (χ3n) is 3.75. The van der Waals surface area contributed by atoms with E-state index in [1.165, 1.54) is 40.9 Å². The molecule has 0 fully saturated rings. The van der Waals surface area contributed by atoms with Gasteiger partial charge in [0, 0.05) is 0 Å². The van der Waals surface area contributed by atoms with Crippen molar-refractivity contribution in [2.75, 3.05) is 18.3 Å². The predicted molar refractivity (Wildman–Crippen MR) is 102 cm³/mol. The lowest BCUT2D eigenvalue weighted by Gasteiger charge is -2.17. The molecule has 0 unspecified atom stereocenters. The summed E-state index contributed by atoms with van der Waals surface area (Å²) in [6.07, 6.45) is 3.50. The van der Waals surface area contributed by atoms with E-state index in [0.717, 1.165) is 11.3 Å². The fourth-order valence-electron chi connectivity index (χ4n) is 2.50. The molecule has 0 saturated carbocycles. The lowest BCUT2D eigenvalue weighted by atomic mass is 10.2. The molecule has 27 heavy (non-hydrogen) atoms. The largest absolute Gasteiger partial charge is 0.497 e. The number of methoxy groups -OCH3 is 1. The molecule has 1 aliphatic rings. The highest BCUT2D eigenvalue weighted by molar-refractivity contribution is 8.13. The molecule has 3 rings (SSSR count). The van der Waals surface area contributed by atoms with Gasteiger partial charge in [-0.2, -0.15) is 8.78 Å². The van der Waals surface area contributed by atoms with Crippen molar-refractivity contribution in [3.63, 3.8) is 0 Å². The second-order valence-corrected chi connectivity index (χ2v) is 6.19. The molecule has 0 spiro atoms. The van der Waals surface area contributed by atoms with Crippen molar-refractivity contribution in [3.05, 3.63) is 59.8 Å². The maximum atomic E-state index is 12.8. The van der Waals surface area contributed by atoms with Gasteiger partial charge in [0.05, 0.1) is 12.8 Å². The van der Waals surface area contributed by atoms with Gasteiger partial charge in [0.15, 0.2) is 5.17 Å². The number of nitrogens with zero attached hydrogens (tertiary/aromatic N) is 2. The summed E-state index contributed by atoms with van der Waals surface area (Å²) in [5.74, 6) is 0.450. The second-order valence-electron chi connectivity index (χ2n) is 5.41. The van der Waals surface area contributed by atoms with Crippen LogP contribution < -0.4 is 14.4 Å².